The van der Waals surface area contributed by atoms with Gasteiger partial charge < -0.3 is 10.4 Å². The SMILES string of the molecule is O=C(CNCCO)N1N=C(c2cccs2)C[C@H]1c1cn(-c2ccccc2)nc1-c1ccccc1. The molecule has 0 aliphatic carbocycles. The second-order valence-corrected chi connectivity index (χ2v) is 8.91. The molecule has 1 atom stereocenters. The minimum atomic E-state index is -0.284. The van der Waals surface area contributed by atoms with E-state index in [9.17, 15) is 4.79 Å². The Morgan fingerprint density at radius 2 is 1.82 bits per heavy atom. The van der Waals surface area contributed by atoms with E-state index >= 15 is 0 Å². The number of hydrogen-bond donors (Lipinski definition) is 2. The van der Waals surface area contributed by atoms with E-state index in [1.165, 1.54) is 0 Å². The molecule has 0 saturated heterocycles. The van der Waals surface area contributed by atoms with Crippen LogP contribution in [0.15, 0.2) is 89.5 Å². The molecule has 2 N–H and O–H groups in total. The number of hydrazone groups is 1. The number of aromatic nitrogens is 2. The first kappa shape index (κ1) is 22.2. The summed E-state index contributed by atoms with van der Waals surface area (Å²) in [5, 5.41) is 25.4. The number of para-hydroxylation sites is 1. The molecule has 5 rings (SSSR count). The summed E-state index contributed by atoms with van der Waals surface area (Å²) in [4.78, 5) is 14.3. The lowest BCUT2D eigenvalue weighted by Crippen LogP contribution is -2.36. The van der Waals surface area contributed by atoms with Crippen LogP contribution in [0.3, 0.4) is 0 Å². The minimum Gasteiger partial charge on any atom is -0.395 e. The summed E-state index contributed by atoms with van der Waals surface area (Å²) in [6, 6.07) is 23.7. The second-order valence-electron chi connectivity index (χ2n) is 7.96. The van der Waals surface area contributed by atoms with Crippen LogP contribution in [0.4, 0.5) is 0 Å². The van der Waals surface area contributed by atoms with Crippen LogP contribution in [-0.2, 0) is 4.79 Å². The minimum absolute atomic E-state index is 0.0254. The maximum absolute atomic E-state index is 13.2. The summed E-state index contributed by atoms with van der Waals surface area (Å²) in [6.45, 7) is 0.432. The van der Waals surface area contributed by atoms with Crippen LogP contribution in [-0.4, -0.2) is 51.2 Å². The first-order valence-corrected chi connectivity index (χ1v) is 12.1. The molecule has 8 heteroatoms. The Balaban J connectivity index is 1.57. The highest BCUT2D eigenvalue weighted by Crippen LogP contribution is 2.38. The van der Waals surface area contributed by atoms with Gasteiger partial charge in [-0.3, -0.25) is 4.79 Å². The molecule has 0 radical (unpaired) electrons. The zero-order valence-corrected chi connectivity index (χ0v) is 19.4. The van der Waals surface area contributed by atoms with Gasteiger partial charge in [0.05, 0.1) is 41.2 Å². The van der Waals surface area contributed by atoms with Crippen molar-refractivity contribution >= 4 is 23.0 Å². The molecule has 0 bridgehead atoms. The van der Waals surface area contributed by atoms with Gasteiger partial charge in [0.2, 0.25) is 0 Å². The number of carbonyl (C=O) groups excluding carboxylic acids is 1. The Morgan fingerprint density at radius 1 is 1.06 bits per heavy atom. The third kappa shape index (κ3) is 4.56. The molecule has 172 valence electrons. The van der Waals surface area contributed by atoms with Gasteiger partial charge in [0, 0.05) is 30.3 Å². The molecule has 3 heterocycles. The number of aliphatic hydroxyl groups is 1. The molecule has 1 amide bonds. The van der Waals surface area contributed by atoms with Crippen LogP contribution in [0.25, 0.3) is 16.9 Å². The summed E-state index contributed by atoms with van der Waals surface area (Å²) >= 11 is 1.62. The van der Waals surface area contributed by atoms with Crippen molar-refractivity contribution < 1.29 is 9.90 Å². The number of nitrogens with zero attached hydrogens (tertiary/aromatic N) is 4. The van der Waals surface area contributed by atoms with Crippen molar-refractivity contribution in [1.82, 2.24) is 20.1 Å². The third-order valence-corrected chi connectivity index (χ3v) is 6.62. The topological polar surface area (TPSA) is 82.8 Å². The number of nitrogens with one attached hydrogen (secondary N) is 1. The molecule has 1 aliphatic rings. The summed E-state index contributed by atoms with van der Waals surface area (Å²) < 4.78 is 1.87. The van der Waals surface area contributed by atoms with Crippen LogP contribution in [0, 0.1) is 0 Å². The standard InChI is InChI=1S/C26H25N5O2S/c32-14-13-27-17-25(33)31-23(16-22(28-31)24-12-7-15-34-24)21-18-30(20-10-5-2-6-11-20)29-26(21)19-8-3-1-4-9-19/h1-12,15,18,23,27,32H,13-14,16-17H2/t23-/m0/s1. The maximum atomic E-state index is 13.2. The van der Waals surface area contributed by atoms with Crippen molar-refractivity contribution in [2.24, 2.45) is 5.10 Å². The van der Waals surface area contributed by atoms with E-state index in [-0.39, 0.29) is 25.1 Å². The van der Waals surface area contributed by atoms with E-state index in [0.29, 0.717) is 13.0 Å². The lowest BCUT2D eigenvalue weighted by Gasteiger charge is -2.22. The Hall–Kier alpha value is -3.59. The second kappa shape index (κ2) is 10.1. The lowest BCUT2D eigenvalue weighted by atomic mass is 9.98. The fourth-order valence-corrected chi connectivity index (χ4v) is 4.82. The molecular weight excluding hydrogens is 446 g/mol. The van der Waals surface area contributed by atoms with E-state index < -0.39 is 0 Å². The molecule has 1 aliphatic heterocycles. The predicted molar refractivity (Wildman–Crippen MR) is 134 cm³/mol. The van der Waals surface area contributed by atoms with Crippen molar-refractivity contribution in [3.8, 4) is 16.9 Å². The third-order valence-electron chi connectivity index (χ3n) is 5.71. The Kier molecular flexibility index (Phi) is 6.62. The number of carbonyl (C=O) groups is 1. The smallest absolute Gasteiger partial charge is 0.257 e. The van der Waals surface area contributed by atoms with Gasteiger partial charge >= 0.3 is 0 Å². The number of hydrogen-bond acceptors (Lipinski definition) is 6. The first-order valence-electron chi connectivity index (χ1n) is 11.2. The predicted octanol–water partition coefficient (Wildman–Crippen LogP) is 3.86. The van der Waals surface area contributed by atoms with Gasteiger partial charge in [0.1, 0.15) is 0 Å². The van der Waals surface area contributed by atoms with E-state index in [2.05, 4.69) is 5.32 Å². The van der Waals surface area contributed by atoms with Gasteiger partial charge in [-0.05, 0) is 23.6 Å². The van der Waals surface area contributed by atoms with Gasteiger partial charge in [-0.25, -0.2) is 9.69 Å². The van der Waals surface area contributed by atoms with Crippen molar-refractivity contribution in [3.05, 3.63) is 94.8 Å². The fraction of sp³-hybridized carbons (Fsp3) is 0.192. The first-order chi connectivity index (χ1) is 16.7. The van der Waals surface area contributed by atoms with Crippen molar-refractivity contribution in [3.63, 3.8) is 0 Å². The summed E-state index contributed by atoms with van der Waals surface area (Å²) in [5.41, 5.74) is 4.61. The molecular formula is C26H25N5O2S. The van der Waals surface area contributed by atoms with E-state index in [1.807, 2.05) is 89.1 Å². The molecule has 0 saturated carbocycles. The molecule has 2 aromatic carbocycles. The Morgan fingerprint density at radius 3 is 2.53 bits per heavy atom. The largest absolute Gasteiger partial charge is 0.395 e. The average molecular weight is 472 g/mol. The maximum Gasteiger partial charge on any atom is 0.257 e. The van der Waals surface area contributed by atoms with E-state index in [4.69, 9.17) is 15.3 Å². The zero-order chi connectivity index (χ0) is 23.3. The van der Waals surface area contributed by atoms with Crippen LogP contribution in [0.1, 0.15) is 22.9 Å². The molecule has 0 fully saturated rings. The highest BCUT2D eigenvalue weighted by atomic mass is 32.1. The highest BCUT2D eigenvalue weighted by molar-refractivity contribution is 7.12. The van der Waals surface area contributed by atoms with Gasteiger partial charge in [-0.15, -0.1) is 11.3 Å². The van der Waals surface area contributed by atoms with E-state index in [1.54, 1.807) is 16.3 Å². The summed E-state index contributed by atoms with van der Waals surface area (Å²) in [6.07, 6.45) is 2.61. The van der Waals surface area contributed by atoms with Crippen LogP contribution >= 0.6 is 11.3 Å². The van der Waals surface area contributed by atoms with Gasteiger partial charge in [-0.2, -0.15) is 10.2 Å². The fourth-order valence-electron chi connectivity index (χ4n) is 4.09. The van der Waals surface area contributed by atoms with Crippen LogP contribution in [0.2, 0.25) is 0 Å². The zero-order valence-electron chi connectivity index (χ0n) is 18.5. The summed E-state index contributed by atoms with van der Waals surface area (Å²) in [5.74, 6) is -0.142. The van der Waals surface area contributed by atoms with Gasteiger partial charge in [-0.1, -0.05) is 54.6 Å². The molecule has 0 spiro atoms. The number of aliphatic hydroxyl groups excluding tert-OH is 1. The number of thiophene rings is 1. The van der Waals surface area contributed by atoms with E-state index in [0.717, 1.165) is 33.1 Å². The monoisotopic (exact) mass is 471 g/mol. The number of amides is 1. The molecule has 4 aromatic rings. The summed E-state index contributed by atoms with van der Waals surface area (Å²) in [7, 11) is 0. The van der Waals surface area contributed by atoms with Crippen LogP contribution < -0.4 is 5.32 Å². The Bertz CT molecular complexity index is 1270. The normalized spacial score (nSPS) is 15.5. The quantitative estimate of drug-likeness (QED) is 0.382. The van der Waals surface area contributed by atoms with Crippen LogP contribution in [0.5, 0.6) is 0 Å². The van der Waals surface area contributed by atoms with Crippen molar-refractivity contribution in [1.29, 1.82) is 0 Å². The van der Waals surface area contributed by atoms with Gasteiger partial charge in [0.15, 0.2) is 0 Å². The molecule has 7 nitrogen and oxygen atoms in total. The average Bonchev–Trinajstić information content (AvgIpc) is 3.64. The number of benzene rings is 2. The number of rotatable bonds is 8. The van der Waals surface area contributed by atoms with Gasteiger partial charge in [0.25, 0.3) is 5.91 Å². The lowest BCUT2D eigenvalue weighted by molar-refractivity contribution is -0.132. The molecule has 0 unspecified atom stereocenters. The van der Waals surface area contributed by atoms with Crippen molar-refractivity contribution in [2.45, 2.75) is 12.5 Å². The highest BCUT2D eigenvalue weighted by Gasteiger charge is 2.36. The molecule has 34 heavy (non-hydrogen) atoms. The van der Waals surface area contributed by atoms with Crippen molar-refractivity contribution in [2.75, 3.05) is 19.7 Å². The molecule has 2 aromatic heterocycles. The Labute approximate surface area is 202 Å².